The fourth-order valence-electron chi connectivity index (χ4n) is 2.57. The van der Waals surface area contributed by atoms with Gasteiger partial charge in [-0.1, -0.05) is 54.1 Å². The normalized spacial score (nSPS) is 10.2. The van der Waals surface area contributed by atoms with Crippen LogP contribution in [0.15, 0.2) is 72.8 Å². The van der Waals surface area contributed by atoms with Crippen LogP contribution in [0.25, 0.3) is 11.1 Å². The quantitative estimate of drug-likeness (QED) is 0.360. The molecule has 0 unspecified atom stereocenters. The summed E-state index contributed by atoms with van der Waals surface area (Å²) in [7, 11) is 0. The number of nitrogens with zero attached hydrogens (tertiary/aromatic N) is 1. The number of rotatable bonds is 6. The average Bonchev–Trinajstić information content (AvgIpc) is 2.73. The molecule has 0 saturated heterocycles. The highest BCUT2D eigenvalue weighted by Gasteiger charge is 2.18. The lowest BCUT2D eigenvalue weighted by Crippen LogP contribution is -2.21. The molecule has 0 aliphatic heterocycles. The molecule has 8 heteroatoms. The van der Waals surface area contributed by atoms with Gasteiger partial charge in [0.25, 0.3) is 11.6 Å². The molecule has 0 saturated carbocycles. The molecule has 146 valence electrons. The number of carbonyl (C=O) groups excluding carboxylic acids is 2. The van der Waals surface area contributed by atoms with E-state index in [9.17, 15) is 19.7 Å². The first-order valence-electron chi connectivity index (χ1n) is 8.50. The molecule has 0 bridgehead atoms. The summed E-state index contributed by atoms with van der Waals surface area (Å²) in [6, 6.07) is 20.5. The van der Waals surface area contributed by atoms with Crippen molar-refractivity contribution >= 4 is 34.9 Å². The Morgan fingerprint density at radius 2 is 1.62 bits per heavy atom. The minimum absolute atomic E-state index is 0.0684. The lowest BCUT2D eigenvalue weighted by atomic mass is 10.1. The minimum atomic E-state index is -0.862. The van der Waals surface area contributed by atoms with Crippen LogP contribution in [0.2, 0.25) is 5.02 Å². The van der Waals surface area contributed by atoms with Gasteiger partial charge in [0.05, 0.1) is 10.5 Å². The van der Waals surface area contributed by atoms with Crippen LogP contribution in [0.4, 0.5) is 11.4 Å². The van der Waals surface area contributed by atoms with Crippen molar-refractivity contribution in [2.45, 2.75) is 0 Å². The van der Waals surface area contributed by atoms with Crippen LogP contribution in [0, 0.1) is 10.1 Å². The van der Waals surface area contributed by atoms with E-state index < -0.39 is 29.1 Å². The summed E-state index contributed by atoms with van der Waals surface area (Å²) in [5.41, 5.74) is 2.12. The van der Waals surface area contributed by atoms with Crippen molar-refractivity contribution in [3.63, 3.8) is 0 Å². The van der Waals surface area contributed by atoms with Crippen LogP contribution in [0.1, 0.15) is 10.4 Å². The third-order valence-electron chi connectivity index (χ3n) is 3.99. The average molecular weight is 411 g/mol. The van der Waals surface area contributed by atoms with Gasteiger partial charge >= 0.3 is 5.97 Å². The lowest BCUT2D eigenvalue weighted by molar-refractivity contribution is -0.384. The molecular formula is C21H15ClN2O5. The highest BCUT2D eigenvalue weighted by molar-refractivity contribution is 6.32. The standard InChI is InChI=1S/C21H15ClN2O5/c22-18-11-8-16(12-19(18)24(27)28)21(26)29-13-20(25)23-17-9-6-15(7-10-17)14-4-2-1-3-5-14/h1-12H,13H2,(H,23,25). The number of carbonyl (C=O) groups is 2. The maximum absolute atomic E-state index is 12.0. The van der Waals surface area contributed by atoms with Crippen LogP contribution in [0.3, 0.4) is 0 Å². The summed E-state index contributed by atoms with van der Waals surface area (Å²) in [5, 5.41) is 13.4. The van der Waals surface area contributed by atoms with Crippen LogP contribution >= 0.6 is 11.6 Å². The fraction of sp³-hybridized carbons (Fsp3) is 0.0476. The summed E-state index contributed by atoms with van der Waals surface area (Å²) in [5.74, 6) is -1.39. The number of anilines is 1. The van der Waals surface area contributed by atoms with E-state index in [0.29, 0.717) is 5.69 Å². The molecule has 1 amide bonds. The number of nitrogens with one attached hydrogen (secondary N) is 1. The Hall–Kier alpha value is -3.71. The number of nitro groups is 1. The van der Waals surface area contributed by atoms with E-state index in [2.05, 4.69) is 5.32 Å². The molecule has 7 nitrogen and oxygen atoms in total. The predicted molar refractivity (Wildman–Crippen MR) is 109 cm³/mol. The number of esters is 1. The minimum Gasteiger partial charge on any atom is -0.452 e. The van der Waals surface area contributed by atoms with E-state index in [1.165, 1.54) is 12.1 Å². The van der Waals surface area contributed by atoms with Crippen LogP contribution in [0.5, 0.6) is 0 Å². The number of nitro benzene ring substituents is 1. The Morgan fingerprint density at radius 3 is 2.28 bits per heavy atom. The summed E-state index contributed by atoms with van der Waals surface area (Å²) in [6.07, 6.45) is 0. The summed E-state index contributed by atoms with van der Waals surface area (Å²) in [6.45, 7) is -0.532. The van der Waals surface area contributed by atoms with Crippen molar-refractivity contribution in [3.8, 4) is 11.1 Å². The van der Waals surface area contributed by atoms with Crippen molar-refractivity contribution in [1.82, 2.24) is 0 Å². The van der Waals surface area contributed by atoms with Gasteiger partial charge in [0.1, 0.15) is 5.02 Å². The van der Waals surface area contributed by atoms with Gasteiger partial charge in [0.2, 0.25) is 0 Å². The highest BCUT2D eigenvalue weighted by atomic mass is 35.5. The molecule has 0 spiro atoms. The molecule has 1 N–H and O–H groups in total. The molecule has 3 aromatic rings. The zero-order valence-electron chi connectivity index (χ0n) is 15.0. The van der Waals surface area contributed by atoms with Crippen molar-refractivity contribution in [2.24, 2.45) is 0 Å². The van der Waals surface area contributed by atoms with E-state index in [-0.39, 0.29) is 10.6 Å². The molecule has 3 rings (SSSR count). The first-order valence-corrected chi connectivity index (χ1v) is 8.88. The van der Waals surface area contributed by atoms with Crippen molar-refractivity contribution < 1.29 is 19.2 Å². The van der Waals surface area contributed by atoms with E-state index in [1.54, 1.807) is 12.1 Å². The second-order valence-corrected chi connectivity index (χ2v) is 6.40. The van der Waals surface area contributed by atoms with Crippen LogP contribution in [-0.4, -0.2) is 23.4 Å². The molecule has 0 aromatic heterocycles. The molecule has 0 heterocycles. The number of ether oxygens (including phenoxy) is 1. The van der Waals surface area contributed by atoms with Gasteiger partial charge in [0, 0.05) is 11.8 Å². The predicted octanol–water partition coefficient (Wildman–Crippen LogP) is 4.71. The first-order chi connectivity index (χ1) is 13.9. The maximum atomic E-state index is 12.0. The Labute approximate surface area is 171 Å². The fourth-order valence-corrected chi connectivity index (χ4v) is 2.75. The van der Waals surface area contributed by atoms with Gasteiger partial charge in [-0.15, -0.1) is 0 Å². The molecule has 0 fully saturated rings. The summed E-state index contributed by atoms with van der Waals surface area (Å²) < 4.78 is 4.91. The van der Waals surface area contributed by atoms with Crippen LogP contribution in [-0.2, 0) is 9.53 Å². The third kappa shape index (κ3) is 5.18. The Balaban J connectivity index is 1.56. The third-order valence-corrected chi connectivity index (χ3v) is 4.31. The summed E-state index contributed by atoms with van der Waals surface area (Å²) in [4.78, 5) is 34.2. The van der Waals surface area contributed by atoms with Gasteiger partial charge in [-0.25, -0.2) is 4.79 Å². The Morgan fingerprint density at radius 1 is 0.966 bits per heavy atom. The SMILES string of the molecule is O=C(COC(=O)c1ccc(Cl)c([N+](=O)[O-])c1)Nc1ccc(-c2ccccc2)cc1. The van der Waals surface area contributed by atoms with Gasteiger partial charge in [0.15, 0.2) is 6.61 Å². The molecular weight excluding hydrogens is 396 g/mol. The zero-order valence-corrected chi connectivity index (χ0v) is 15.8. The number of hydrogen-bond acceptors (Lipinski definition) is 5. The number of halogens is 1. The monoisotopic (exact) mass is 410 g/mol. The largest absolute Gasteiger partial charge is 0.452 e. The van der Waals surface area contributed by atoms with Gasteiger partial charge < -0.3 is 10.1 Å². The van der Waals surface area contributed by atoms with Crippen molar-refractivity contribution in [2.75, 3.05) is 11.9 Å². The molecule has 0 atom stereocenters. The number of benzene rings is 3. The van der Waals surface area contributed by atoms with E-state index >= 15 is 0 Å². The smallest absolute Gasteiger partial charge is 0.338 e. The van der Waals surface area contributed by atoms with Gasteiger partial charge in [-0.2, -0.15) is 0 Å². The molecule has 3 aromatic carbocycles. The van der Waals surface area contributed by atoms with E-state index in [4.69, 9.17) is 16.3 Å². The Bertz CT molecular complexity index is 1050. The van der Waals surface area contributed by atoms with Gasteiger partial charge in [-0.05, 0) is 35.4 Å². The van der Waals surface area contributed by atoms with E-state index in [0.717, 1.165) is 17.2 Å². The van der Waals surface area contributed by atoms with Crippen molar-refractivity contribution in [1.29, 1.82) is 0 Å². The van der Waals surface area contributed by atoms with Gasteiger partial charge in [-0.3, -0.25) is 14.9 Å². The van der Waals surface area contributed by atoms with E-state index in [1.807, 2.05) is 42.5 Å². The molecule has 0 aliphatic carbocycles. The second kappa shape index (κ2) is 8.99. The Kier molecular flexibility index (Phi) is 6.21. The molecule has 29 heavy (non-hydrogen) atoms. The first kappa shape index (κ1) is 20.0. The lowest BCUT2D eigenvalue weighted by Gasteiger charge is -2.08. The number of amides is 1. The number of hydrogen-bond donors (Lipinski definition) is 1. The highest BCUT2D eigenvalue weighted by Crippen LogP contribution is 2.25. The summed E-state index contributed by atoms with van der Waals surface area (Å²) >= 11 is 5.71. The van der Waals surface area contributed by atoms with Crippen molar-refractivity contribution in [3.05, 3.63) is 93.5 Å². The van der Waals surface area contributed by atoms with Crippen LogP contribution < -0.4 is 5.32 Å². The second-order valence-electron chi connectivity index (χ2n) is 5.99. The zero-order chi connectivity index (χ0) is 20.8. The topological polar surface area (TPSA) is 98.5 Å². The molecule has 0 aliphatic rings. The molecule has 0 radical (unpaired) electrons. The maximum Gasteiger partial charge on any atom is 0.338 e.